The first-order valence-corrected chi connectivity index (χ1v) is 4.87. The number of rotatable bonds is 4. The molecule has 0 saturated heterocycles. The van der Waals surface area contributed by atoms with Crippen molar-refractivity contribution in [2.75, 3.05) is 5.73 Å². The molecule has 2 rings (SSSR count). The number of carbonyl (C=O) groups is 1. The molecule has 0 unspecified atom stereocenters. The zero-order chi connectivity index (χ0) is 12.3. The molecule has 0 aliphatic carbocycles. The molecule has 0 radical (unpaired) electrons. The van der Waals surface area contributed by atoms with Crippen molar-refractivity contribution in [1.29, 1.82) is 0 Å². The van der Waals surface area contributed by atoms with Crippen molar-refractivity contribution in [3.63, 3.8) is 0 Å². The largest absolute Gasteiger partial charge is 0.458 e. The summed E-state index contributed by atoms with van der Waals surface area (Å²) in [7, 11) is 0. The van der Waals surface area contributed by atoms with E-state index in [4.69, 9.17) is 10.5 Å². The second-order valence-electron chi connectivity index (χ2n) is 3.43. The maximum atomic E-state index is 11.4. The lowest BCUT2D eigenvalue weighted by atomic mass is 10.4. The molecular weight excluding hydrogens is 226 g/mol. The van der Waals surface area contributed by atoms with Crippen molar-refractivity contribution in [1.82, 2.24) is 20.1 Å². The number of hydrogen-bond donors (Lipinski definition) is 1. The monoisotopic (exact) mass is 237 g/mol. The van der Waals surface area contributed by atoms with Crippen LogP contribution in [0.3, 0.4) is 0 Å². The molecule has 8 heteroatoms. The summed E-state index contributed by atoms with van der Waals surface area (Å²) in [4.78, 5) is 11.4. The third-order valence-corrected chi connectivity index (χ3v) is 2.06. The normalized spacial score (nSPS) is 10.4. The second kappa shape index (κ2) is 4.64. The van der Waals surface area contributed by atoms with E-state index in [-0.39, 0.29) is 13.2 Å². The van der Waals surface area contributed by atoms with Gasteiger partial charge in [0, 0.05) is 6.20 Å². The number of nitrogen functional groups attached to an aromatic ring is 1. The number of nitrogens with zero attached hydrogens (tertiary/aromatic N) is 4. The number of nitrogens with two attached hydrogens (primary N) is 1. The van der Waals surface area contributed by atoms with Gasteiger partial charge < -0.3 is 10.5 Å². The van der Waals surface area contributed by atoms with Gasteiger partial charge in [-0.1, -0.05) is 10.3 Å². The van der Waals surface area contributed by atoms with Gasteiger partial charge in [-0.25, -0.2) is 4.63 Å². The van der Waals surface area contributed by atoms with Gasteiger partial charge >= 0.3 is 5.97 Å². The van der Waals surface area contributed by atoms with Crippen molar-refractivity contribution >= 4 is 11.7 Å². The summed E-state index contributed by atoms with van der Waals surface area (Å²) in [6, 6.07) is 0. The van der Waals surface area contributed by atoms with E-state index in [1.54, 1.807) is 13.1 Å². The summed E-state index contributed by atoms with van der Waals surface area (Å²) in [6.45, 7) is 1.75. The van der Waals surface area contributed by atoms with Gasteiger partial charge in [-0.2, -0.15) is 5.10 Å². The third-order valence-electron chi connectivity index (χ3n) is 2.06. The minimum Gasteiger partial charge on any atom is -0.458 e. The molecule has 2 aromatic rings. The molecule has 0 aromatic carbocycles. The molecular formula is C9H11N5O3. The number of carbonyl (C=O) groups excluding carboxylic acids is 1. The van der Waals surface area contributed by atoms with Crippen molar-refractivity contribution in [2.24, 2.45) is 0 Å². The van der Waals surface area contributed by atoms with Crippen LogP contribution in [-0.4, -0.2) is 26.1 Å². The summed E-state index contributed by atoms with van der Waals surface area (Å²) in [5.74, 6) is -0.435. The van der Waals surface area contributed by atoms with Crippen LogP contribution in [0.25, 0.3) is 0 Å². The van der Waals surface area contributed by atoms with Crippen LogP contribution in [0.15, 0.2) is 17.0 Å². The summed E-state index contributed by atoms with van der Waals surface area (Å²) in [6.07, 6.45) is 3.00. The van der Waals surface area contributed by atoms with Crippen LogP contribution in [0.1, 0.15) is 11.4 Å². The van der Waals surface area contributed by atoms with Gasteiger partial charge in [-0.3, -0.25) is 9.48 Å². The number of ether oxygens (including phenoxy) is 1. The van der Waals surface area contributed by atoms with Crippen molar-refractivity contribution in [2.45, 2.75) is 20.1 Å². The van der Waals surface area contributed by atoms with Crippen molar-refractivity contribution < 1.29 is 14.2 Å². The Balaban J connectivity index is 1.84. The van der Waals surface area contributed by atoms with Crippen molar-refractivity contribution in [3.8, 4) is 0 Å². The molecule has 8 nitrogen and oxygen atoms in total. The molecule has 0 bridgehead atoms. The minimum atomic E-state index is -0.435. The Morgan fingerprint density at radius 2 is 2.41 bits per heavy atom. The molecule has 0 atom stereocenters. The maximum Gasteiger partial charge on any atom is 0.328 e. The first-order chi connectivity index (χ1) is 8.15. The molecule has 0 aliphatic rings. The number of hydrogen-bond acceptors (Lipinski definition) is 7. The lowest BCUT2D eigenvalue weighted by Gasteiger charge is -2.02. The molecule has 90 valence electrons. The SMILES string of the molecule is Cc1nonc1COC(=O)Cn1cc(N)cn1. The molecule has 17 heavy (non-hydrogen) atoms. The predicted octanol–water partition coefficient (Wildman–Crippen LogP) is -0.0999. The smallest absolute Gasteiger partial charge is 0.328 e. The molecule has 2 aromatic heterocycles. The van der Waals surface area contributed by atoms with Crippen LogP contribution >= 0.6 is 0 Å². The van der Waals surface area contributed by atoms with Gasteiger partial charge in [-0.15, -0.1) is 0 Å². The van der Waals surface area contributed by atoms with E-state index in [9.17, 15) is 4.79 Å². The van der Waals surface area contributed by atoms with E-state index in [1.165, 1.54) is 10.9 Å². The Hall–Kier alpha value is -2.38. The average Bonchev–Trinajstić information content (AvgIpc) is 2.85. The first-order valence-electron chi connectivity index (χ1n) is 4.87. The number of esters is 1. The van der Waals surface area contributed by atoms with Crippen LogP contribution in [-0.2, 0) is 22.7 Å². The van der Waals surface area contributed by atoms with Crippen molar-refractivity contribution in [3.05, 3.63) is 23.8 Å². The van der Waals surface area contributed by atoms with E-state index in [2.05, 4.69) is 20.0 Å². The fourth-order valence-corrected chi connectivity index (χ4v) is 1.17. The Labute approximate surface area is 96.3 Å². The highest BCUT2D eigenvalue weighted by Crippen LogP contribution is 2.03. The molecule has 2 N–H and O–H groups in total. The summed E-state index contributed by atoms with van der Waals surface area (Å²) < 4.78 is 10.8. The summed E-state index contributed by atoms with van der Waals surface area (Å²) >= 11 is 0. The Kier molecular flexibility index (Phi) is 3.03. The van der Waals surface area contributed by atoms with Gasteiger partial charge in [0.2, 0.25) is 0 Å². The molecule has 0 saturated carbocycles. The highest BCUT2D eigenvalue weighted by molar-refractivity contribution is 5.69. The molecule has 0 spiro atoms. The zero-order valence-corrected chi connectivity index (χ0v) is 9.16. The number of aromatic nitrogens is 4. The molecule has 0 fully saturated rings. The summed E-state index contributed by atoms with van der Waals surface area (Å²) in [5.41, 5.74) is 7.05. The fraction of sp³-hybridized carbons (Fsp3) is 0.333. The van der Waals surface area contributed by atoms with Gasteiger partial charge in [0.05, 0.1) is 11.9 Å². The number of anilines is 1. The first kappa shape index (κ1) is 11.1. The maximum absolute atomic E-state index is 11.4. The fourth-order valence-electron chi connectivity index (χ4n) is 1.17. The predicted molar refractivity (Wildman–Crippen MR) is 55.5 cm³/mol. The van der Waals surface area contributed by atoms with Crippen LogP contribution in [0, 0.1) is 6.92 Å². The van der Waals surface area contributed by atoms with Gasteiger partial charge in [-0.05, 0) is 6.92 Å². The van der Waals surface area contributed by atoms with E-state index >= 15 is 0 Å². The highest BCUT2D eigenvalue weighted by atomic mass is 16.6. The topological polar surface area (TPSA) is 109 Å². The van der Waals surface area contributed by atoms with E-state index in [1.807, 2.05) is 0 Å². The van der Waals surface area contributed by atoms with E-state index in [0.717, 1.165) is 0 Å². The van der Waals surface area contributed by atoms with Gasteiger partial charge in [0.25, 0.3) is 0 Å². The van der Waals surface area contributed by atoms with Gasteiger partial charge in [0.1, 0.15) is 24.5 Å². The zero-order valence-electron chi connectivity index (χ0n) is 9.16. The van der Waals surface area contributed by atoms with Crippen LogP contribution in [0.2, 0.25) is 0 Å². The van der Waals surface area contributed by atoms with Crippen LogP contribution in [0.5, 0.6) is 0 Å². The second-order valence-corrected chi connectivity index (χ2v) is 3.43. The molecule has 0 amide bonds. The average molecular weight is 237 g/mol. The van der Waals surface area contributed by atoms with E-state index in [0.29, 0.717) is 17.1 Å². The molecule has 2 heterocycles. The third kappa shape index (κ3) is 2.80. The van der Waals surface area contributed by atoms with Gasteiger partial charge in [0.15, 0.2) is 0 Å². The lowest BCUT2D eigenvalue weighted by molar-refractivity contribution is -0.146. The Morgan fingerprint density at radius 3 is 3.00 bits per heavy atom. The molecule has 0 aliphatic heterocycles. The Bertz CT molecular complexity index is 518. The standard InChI is InChI=1S/C9H11N5O3/c1-6-8(13-17-12-6)5-16-9(15)4-14-3-7(10)2-11-14/h2-3H,4-5,10H2,1H3. The van der Waals surface area contributed by atoms with E-state index < -0.39 is 5.97 Å². The quantitative estimate of drug-likeness (QED) is 0.739. The highest BCUT2D eigenvalue weighted by Gasteiger charge is 2.10. The minimum absolute atomic E-state index is 0.00152. The summed E-state index contributed by atoms with van der Waals surface area (Å²) in [5, 5.41) is 11.0. The van der Waals surface area contributed by atoms with Crippen LogP contribution in [0.4, 0.5) is 5.69 Å². The number of aryl methyl sites for hydroxylation is 1. The lowest BCUT2D eigenvalue weighted by Crippen LogP contribution is -2.14. The Morgan fingerprint density at radius 1 is 1.59 bits per heavy atom. The van der Waals surface area contributed by atoms with Crippen LogP contribution < -0.4 is 5.73 Å².